The SMILES string of the molecule is C#C[C@H](N=C=S)C(=O)OC. The maximum absolute atomic E-state index is 10.6. The second-order valence-corrected chi connectivity index (χ2v) is 1.50. The van der Waals surface area contributed by atoms with E-state index in [-0.39, 0.29) is 0 Å². The third-order valence-electron chi connectivity index (χ3n) is 0.764. The number of isothiocyanates is 1. The first-order chi connectivity index (χ1) is 4.76. The lowest BCUT2D eigenvalue weighted by Crippen LogP contribution is -2.17. The Morgan fingerprint density at radius 2 is 2.50 bits per heavy atom. The van der Waals surface area contributed by atoms with Crippen LogP contribution in [0.4, 0.5) is 0 Å². The van der Waals surface area contributed by atoms with E-state index >= 15 is 0 Å². The maximum Gasteiger partial charge on any atom is 0.343 e. The Kier molecular flexibility index (Phi) is 4.14. The van der Waals surface area contributed by atoms with Gasteiger partial charge in [0.2, 0.25) is 6.04 Å². The molecule has 0 rings (SSSR count). The number of nitrogens with zero attached hydrogens (tertiary/aromatic N) is 1. The Labute approximate surface area is 64.1 Å². The molecule has 10 heavy (non-hydrogen) atoms. The van der Waals surface area contributed by atoms with Crippen LogP contribution in [-0.2, 0) is 9.53 Å². The van der Waals surface area contributed by atoms with Crippen LogP contribution in [-0.4, -0.2) is 24.3 Å². The van der Waals surface area contributed by atoms with Gasteiger partial charge in [-0.05, 0) is 12.2 Å². The van der Waals surface area contributed by atoms with Gasteiger partial charge in [-0.1, -0.05) is 5.92 Å². The molecule has 0 aliphatic heterocycles. The van der Waals surface area contributed by atoms with Gasteiger partial charge in [0.05, 0.1) is 12.3 Å². The van der Waals surface area contributed by atoms with Gasteiger partial charge in [0, 0.05) is 0 Å². The molecule has 0 bridgehead atoms. The molecule has 0 spiro atoms. The molecule has 0 amide bonds. The van der Waals surface area contributed by atoms with Crippen LogP contribution in [0.15, 0.2) is 4.99 Å². The Bertz CT molecular complexity index is 212. The lowest BCUT2D eigenvalue weighted by atomic mass is 10.3. The van der Waals surface area contributed by atoms with E-state index in [0.717, 1.165) is 0 Å². The van der Waals surface area contributed by atoms with Crippen molar-refractivity contribution >= 4 is 23.3 Å². The zero-order valence-electron chi connectivity index (χ0n) is 5.33. The molecular formula is C6H5NO2S. The number of thiocarbonyl (C=S) groups is 1. The molecule has 4 heteroatoms. The number of hydrogen-bond acceptors (Lipinski definition) is 4. The summed E-state index contributed by atoms with van der Waals surface area (Å²) in [4.78, 5) is 14.0. The maximum atomic E-state index is 10.6. The van der Waals surface area contributed by atoms with Gasteiger partial charge in [0.25, 0.3) is 0 Å². The summed E-state index contributed by atoms with van der Waals surface area (Å²) in [6, 6.07) is -0.942. The molecule has 0 aliphatic carbocycles. The van der Waals surface area contributed by atoms with Crippen LogP contribution in [0.1, 0.15) is 0 Å². The fourth-order valence-electron chi connectivity index (χ4n) is 0.322. The summed E-state index contributed by atoms with van der Waals surface area (Å²) in [5.74, 6) is 1.49. The standard InChI is InChI=1S/C6H5NO2S/c1-3-5(7-4-10)6(8)9-2/h1,5H,2H3/t5-/m0/s1. The molecule has 0 aromatic heterocycles. The van der Waals surface area contributed by atoms with Crippen LogP contribution in [0.2, 0.25) is 0 Å². The summed E-state index contributed by atoms with van der Waals surface area (Å²) < 4.78 is 4.29. The molecular weight excluding hydrogens is 150 g/mol. The monoisotopic (exact) mass is 155 g/mol. The zero-order valence-corrected chi connectivity index (χ0v) is 6.14. The van der Waals surface area contributed by atoms with E-state index in [2.05, 4.69) is 27.9 Å². The van der Waals surface area contributed by atoms with Gasteiger partial charge in [-0.15, -0.1) is 6.42 Å². The van der Waals surface area contributed by atoms with Crippen LogP contribution in [0.3, 0.4) is 0 Å². The Morgan fingerprint density at radius 3 is 2.80 bits per heavy atom. The van der Waals surface area contributed by atoms with Crippen molar-refractivity contribution in [2.24, 2.45) is 4.99 Å². The van der Waals surface area contributed by atoms with Crippen LogP contribution in [0, 0.1) is 12.3 Å². The number of ether oxygens (including phenoxy) is 1. The molecule has 0 saturated carbocycles. The number of carbonyl (C=O) groups excluding carboxylic acids is 1. The zero-order chi connectivity index (χ0) is 7.98. The lowest BCUT2D eigenvalue weighted by molar-refractivity contribution is -0.140. The number of esters is 1. The second kappa shape index (κ2) is 4.68. The Balaban J connectivity index is 4.24. The number of aliphatic imine (C=N–C) groups is 1. The van der Waals surface area contributed by atoms with Crippen molar-refractivity contribution in [3.8, 4) is 12.3 Å². The molecule has 0 radical (unpaired) electrons. The number of terminal acetylenes is 1. The van der Waals surface area contributed by atoms with Crippen molar-refractivity contribution in [3.63, 3.8) is 0 Å². The predicted molar refractivity (Wildman–Crippen MR) is 39.7 cm³/mol. The number of hydrogen-bond donors (Lipinski definition) is 0. The summed E-state index contributed by atoms with van der Waals surface area (Å²) in [5, 5.41) is 2.00. The van der Waals surface area contributed by atoms with Crippen molar-refractivity contribution in [2.45, 2.75) is 6.04 Å². The number of methoxy groups -OCH3 is 1. The van der Waals surface area contributed by atoms with Gasteiger partial charge in [-0.25, -0.2) is 9.79 Å². The third kappa shape index (κ3) is 2.40. The molecule has 0 unspecified atom stereocenters. The average molecular weight is 155 g/mol. The van der Waals surface area contributed by atoms with Crippen molar-refractivity contribution in [1.82, 2.24) is 0 Å². The summed E-state index contributed by atoms with van der Waals surface area (Å²) in [7, 11) is 1.23. The molecule has 0 fully saturated rings. The number of rotatable bonds is 2. The van der Waals surface area contributed by atoms with Crippen molar-refractivity contribution in [2.75, 3.05) is 7.11 Å². The first-order valence-electron chi connectivity index (χ1n) is 2.37. The summed E-state index contributed by atoms with van der Waals surface area (Å²) in [6.07, 6.45) is 4.90. The highest BCUT2D eigenvalue weighted by Gasteiger charge is 2.12. The first-order valence-corrected chi connectivity index (χ1v) is 2.78. The largest absolute Gasteiger partial charge is 0.467 e. The van der Waals surface area contributed by atoms with Gasteiger partial charge < -0.3 is 4.74 Å². The Morgan fingerprint density at radius 1 is 1.90 bits per heavy atom. The van der Waals surface area contributed by atoms with Crippen molar-refractivity contribution in [3.05, 3.63) is 0 Å². The van der Waals surface area contributed by atoms with Crippen LogP contribution in [0.25, 0.3) is 0 Å². The van der Waals surface area contributed by atoms with E-state index in [0.29, 0.717) is 0 Å². The molecule has 1 atom stereocenters. The highest BCUT2D eigenvalue weighted by Crippen LogP contribution is 1.89. The molecule has 0 aromatic carbocycles. The normalized spacial score (nSPS) is 10.4. The van der Waals surface area contributed by atoms with Crippen molar-refractivity contribution in [1.29, 1.82) is 0 Å². The summed E-state index contributed by atoms with van der Waals surface area (Å²) >= 11 is 4.24. The van der Waals surface area contributed by atoms with Gasteiger partial charge in [0.1, 0.15) is 0 Å². The van der Waals surface area contributed by atoms with E-state index < -0.39 is 12.0 Å². The summed E-state index contributed by atoms with van der Waals surface area (Å²) in [6.45, 7) is 0. The quantitative estimate of drug-likeness (QED) is 0.248. The second-order valence-electron chi connectivity index (χ2n) is 1.31. The fraction of sp³-hybridized carbons (Fsp3) is 0.333. The fourth-order valence-corrected chi connectivity index (χ4v) is 0.428. The lowest BCUT2D eigenvalue weighted by Gasteiger charge is -1.98. The minimum atomic E-state index is -0.942. The molecule has 0 heterocycles. The molecule has 0 N–H and O–H groups in total. The number of carbonyl (C=O) groups is 1. The van der Waals surface area contributed by atoms with E-state index in [1.54, 1.807) is 0 Å². The highest BCUT2D eigenvalue weighted by atomic mass is 32.1. The van der Waals surface area contributed by atoms with E-state index in [1.165, 1.54) is 7.11 Å². The molecule has 0 aromatic rings. The minimum Gasteiger partial charge on any atom is -0.467 e. The topological polar surface area (TPSA) is 38.7 Å². The van der Waals surface area contributed by atoms with Crippen LogP contribution in [0.5, 0.6) is 0 Å². The van der Waals surface area contributed by atoms with E-state index in [9.17, 15) is 4.79 Å². The molecule has 3 nitrogen and oxygen atoms in total. The van der Waals surface area contributed by atoms with Gasteiger partial charge in [-0.3, -0.25) is 0 Å². The third-order valence-corrected chi connectivity index (χ3v) is 0.870. The van der Waals surface area contributed by atoms with Crippen molar-refractivity contribution < 1.29 is 9.53 Å². The first kappa shape index (κ1) is 8.83. The molecule has 0 aliphatic rings. The van der Waals surface area contributed by atoms with Crippen LogP contribution < -0.4 is 0 Å². The van der Waals surface area contributed by atoms with Gasteiger partial charge >= 0.3 is 5.97 Å². The summed E-state index contributed by atoms with van der Waals surface area (Å²) in [5.41, 5.74) is 0. The van der Waals surface area contributed by atoms with Gasteiger partial charge in [-0.2, -0.15) is 0 Å². The average Bonchev–Trinajstić information content (AvgIpc) is 1.99. The van der Waals surface area contributed by atoms with Gasteiger partial charge in [0.15, 0.2) is 0 Å². The molecule has 0 saturated heterocycles. The van der Waals surface area contributed by atoms with Crippen LogP contribution >= 0.6 is 12.2 Å². The highest BCUT2D eigenvalue weighted by molar-refractivity contribution is 7.78. The molecule has 52 valence electrons. The smallest absolute Gasteiger partial charge is 0.343 e. The Hall–Kier alpha value is -1.17. The minimum absolute atomic E-state index is 0.597. The predicted octanol–water partition coefficient (Wildman–Crippen LogP) is 0.264. The van der Waals surface area contributed by atoms with E-state index in [4.69, 9.17) is 6.42 Å². The van der Waals surface area contributed by atoms with E-state index in [1.807, 2.05) is 5.16 Å².